The molecule has 0 bridgehead atoms. The highest BCUT2D eigenvalue weighted by molar-refractivity contribution is 5.76. The molecule has 1 saturated carbocycles. The van der Waals surface area contributed by atoms with E-state index in [4.69, 9.17) is 0 Å². The summed E-state index contributed by atoms with van der Waals surface area (Å²) < 4.78 is 16.6. The summed E-state index contributed by atoms with van der Waals surface area (Å²) in [7, 11) is 0. The summed E-state index contributed by atoms with van der Waals surface area (Å²) in [5.74, 6) is 0.483. The fourth-order valence-corrected chi connectivity index (χ4v) is 5.50. The average Bonchev–Trinajstić information content (AvgIpc) is 3.28. The number of nitrogens with zero attached hydrogens (tertiary/aromatic N) is 6. The highest BCUT2D eigenvalue weighted by atomic mass is 19.1. The normalized spacial score (nSPS) is 18.7. The molecule has 0 N–H and O–H groups in total. The predicted octanol–water partition coefficient (Wildman–Crippen LogP) is 3.06. The van der Waals surface area contributed by atoms with Gasteiger partial charge in [-0.15, -0.1) is 10.2 Å². The van der Waals surface area contributed by atoms with Crippen molar-refractivity contribution in [1.82, 2.24) is 29.0 Å². The quantitative estimate of drug-likeness (QED) is 0.542. The first-order chi connectivity index (χ1) is 17.0. The Bertz CT molecular complexity index is 1240. The van der Waals surface area contributed by atoms with Crippen LogP contribution in [0, 0.1) is 11.7 Å². The first kappa shape index (κ1) is 23.7. The number of carbonyl (C=O) groups excluding carboxylic acids is 1. The molecule has 0 unspecified atom stereocenters. The van der Waals surface area contributed by atoms with Crippen LogP contribution in [-0.2, 0) is 11.2 Å². The molecule has 1 aromatic carbocycles. The second kappa shape index (κ2) is 10.3. The molecule has 2 aromatic heterocycles. The third kappa shape index (κ3) is 5.15. The summed E-state index contributed by atoms with van der Waals surface area (Å²) in [6.07, 6.45) is 10.9. The van der Waals surface area contributed by atoms with Gasteiger partial charge in [-0.25, -0.2) is 4.39 Å². The molecule has 0 spiro atoms. The van der Waals surface area contributed by atoms with Gasteiger partial charge in [0.25, 0.3) is 0 Å². The Morgan fingerprint density at radius 3 is 2.60 bits per heavy atom. The molecular formula is C26H33FN6O2. The number of halogens is 1. The summed E-state index contributed by atoms with van der Waals surface area (Å²) in [4.78, 5) is 30.4. The number of rotatable bonds is 6. The first-order valence-electron chi connectivity index (χ1n) is 12.7. The second-order valence-corrected chi connectivity index (χ2v) is 9.99. The van der Waals surface area contributed by atoms with Gasteiger partial charge in [-0.2, -0.15) is 0 Å². The second-order valence-electron chi connectivity index (χ2n) is 9.99. The Labute approximate surface area is 204 Å². The van der Waals surface area contributed by atoms with Gasteiger partial charge >= 0.3 is 5.56 Å². The van der Waals surface area contributed by atoms with Crippen molar-refractivity contribution in [2.45, 2.75) is 57.9 Å². The number of aromatic nitrogens is 4. The van der Waals surface area contributed by atoms with Gasteiger partial charge in [0.2, 0.25) is 11.6 Å². The van der Waals surface area contributed by atoms with E-state index < -0.39 is 5.82 Å². The van der Waals surface area contributed by atoms with Crippen LogP contribution in [0.5, 0.6) is 0 Å². The molecule has 35 heavy (non-hydrogen) atoms. The number of hydrogen-bond acceptors (Lipinski definition) is 5. The molecule has 9 heteroatoms. The van der Waals surface area contributed by atoms with Gasteiger partial charge < -0.3 is 4.90 Å². The van der Waals surface area contributed by atoms with Crippen molar-refractivity contribution < 1.29 is 9.18 Å². The standard InChI is InChI=1S/C26H33FN6O2/c1-19(17-24(34)31-12-10-30(11-13-31)21-7-3-2-4-8-21)16-23-28-29-25-26(35)32(14-15-33(23)25)22-9-5-6-20(27)18-22/h5-6,9,14-15,18-19,21H,2-4,7-8,10-13,16-17H2,1H3/t19-/m0/s1. The topological polar surface area (TPSA) is 75.7 Å². The Hall–Kier alpha value is -3.07. The summed E-state index contributed by atoms with van der Waals surface area (Å²) in [6.45, 7) is 5.57. The van der Waals surface area contributed by atoms with E-state index in [1.54, 1.807) is 28.9 Å². The van der Waals surface area contributed by atoms with E-state index in [1.807, 2.05) is 11.8 Å². The van der Waals surface area contributed by atoms with Gasteiger partial charge in [-0.05, 0) is 37.0 Å². The SMILES string of the molecule is C[C@H](CC(=O)N1CCN(C2CCCCC2)CC1)Cc1nnc2c(=O)n(-c3cccc(F)c3)ccn12. The molecule has 5 rings (SSSR count). The molecule has 3 aromatic rings. The minimum absolute atomic E-state index is 0.0666. The van der Waals surface area contributed by atoms with Crippen LogP contribution in [0.2, 0.25) is 0 Å². The van der Waals surface area contributed by atoms with Crippen molar-refractivity contribution in [3.05, 3.63) is 58.7 Å². The predicted molar refractivity (Wildman–Crippen MR) is 131 cm³/mol. The van der Waals surface area contributed by atoms with E-state index in [1.165, 1.54) is 48.8 Å². The third-order valence-electron chi connectivity index (χ3n) is 7.44. The maximum absolute atomic E-state index is 13.6. The van der Waals surface area contributed by atoms with E-state index in [0.717, 1.165) is 26.2 Å². The minimum Gasteiger partial charge on any atom is -0.340 e. The fraction of sp³-hybridized carbons (Fsp3) is 0.538. The number of hydrogen-bond donors (Lipinski definition) is 0. The largest absolute Gasteiger partial charge is 0.340 e. The number of amides is 1. The van der Waals surface area contributed by atoms with Crippen molar-refractivity contribution in [2.75, 3.05) is 26.2 Å². The molecule has 1 aliphatic heterocycles. The molecule has 8 nitrogen and oxygen atoms in total. The van der Waals surface area contributed by atoms with Crippen molar-refractivity contribution in [1.29, 1.82) is 0 Å². The lowest BCUT2D eigenvalue weighted by atomic mass is 9.93. The number of benzene rings is 1. The van der Waals surface area contributed by atoms with Gasteiger partial charge in [0, 0.05) is 57.5 Å². The third-order valence-corrected chi connectivity index (χ3v) is 7.44. The van der Waals surface area contributed by atoms with Crippen LogP contribution in [0.1, 0.15) is 51.3 Å². The van der Waals surface area contributed by atoms with Crippen LogP contribution < -0.4 is 5.56 Å². The Morgan fingerprint density at radius 2 is 1.86 bits per heavy atom. The van der Waals surface area contributed by atoms with E-state index in [2.05, 4.69) is 15.1 Å². The van der Waals surface area contributed by atoms with E-state index in [-0.39, 0.29) is 23.0 Å². The number of carbonyl (C=O) groups is 1. The van der Waals surface area contributed by atoms with Gasteiger partial charge in [0.15, 0.2) is 0 Å². The lowest BCUT2D eigenvalue weighted by Gasteiger charge is -2.41. The molecule has 186 valence electrons. The van der Waals surface area contributed by atoms with Crippen molar-refractivity contribution in [2.24, 2.45) is 5.92 Å². The monoisotopic (exact) mass is 480 g/mol. The summed E-state index contributed by atoms with van der Waals surface area (Å²) in [5, 5.41) is 8.31. The zero-order chi connectivity index (χ0) is 24.4. The van der Waals surface area contributed by atoms with Crippen LogP contribution in [0.3, 0.4) is 0 Å². The zero-order valence-corrected chi connectivity index (χ0v) is 20.3. The molecule has 2 fully saturated rings. The zero-order valence-electron chi connectivity index (χ0n) is 20.3. The van der Waals surface area contributed by atoms with Gasteiger partial charge in [0.05, 0.1) is 5.69 Å². The van der Waals surface area contributed by atoms with Crippen molar-refractivity contribution >= 4 is 11.6 Å². The van der Waals surface area contributed by atoms with Crippen LogP contribution >= 0.6 is 0 Å². The van der Waals surface area contributed by atoms with Crippen molar-refractivity contribution in [3.63, 3.8) is 0 Å². The lowest BCUT2D eigenvalue weighted by molar-refractivity contribution is -0.134. The number of fused-ring (bicyclic) bond motifs is 1. The van der Waals surface area contributed by atoms with Gasteiger partial charge in [0.1, 0.15) is 11.6 Å². The van der Waals surface area contributed by atoms with Crippen LogP contribution in [0.15, 0.2) is 41.5 Å². The summed E-state index contributed by atoms with van der Waals surface area (Å²) >= 11 is 0. The summed E-state index contributed by atoms with van der Waals surface area (Å²) in [5.41, 5.74) is 0.255. The van der Waals surface area contributed by atoms with Crippen molar-refractivity contribution in [3.8, 4) is 5.69 Å². The highest BCUT2D eigenvalue weighted by Gasteiger charge is 2.27. The van der Waals surface area contributed by atoms with E-state index >= 15 is 0 Å². The summed E-state index contributed by atoms with van der Waals surface area (Å²) in [6, 6.07) is 6.57. The Kier molecular flexibility index (Phi) is 6.95. The average molecular weight is 481 g/mol. The fourth-order valence-electron chi connectivity index (χ4n) is 5.50. The molecule has 1 amide bonds. The molecule has 1 atom stereocenters. The van der Waals surface area contributed by atoms with Crippen LogP contribution in [0.4, 0.5) is 4.39 Å². The highest BCUT2D eigenvalue weighted by Crippen LogP contribution is 2.24. The minimum atomic E-state index is -0.412. The van der Waals surface area contributed by atoms with Crippen LogP contribution in [0.25, 0.3) is 11.3 Å². The lowest BCUT2D eigenvalue weighted by Crippen LogP contribution is -2.52. The van der Waals surface area contributed by atoms with Gasteiger partial charge in [-0.3, -0.25) is 23.5 Å². The van der Waals surface area contributed by atoms with E-state index in [0.29, 0.717) is 30.4 Å². The molecule has 2 aliphatic rings. The Balaban J connectivity index is 1.20. The molecule has 1 saturated heterocycles. The molecule has 3 heterocycles. The smallest absolute Gasteiger partial charge is 0.300 e. The van der Waals surface area contributed by atoms with Crippen LogP contribution in [-0.4, -0.2) is 67.1 Å². The maximum atomic E-state index is 13.6. The van der Waals surface area contributed by atoms with Gasteiger partial charge in [-0.1, -0.05) is 32.3 Å². The molecular weight excluding hydrogens is 447 g/mol. The maximum Gasteiger partial charge on any atom is 0.300 e. The Morgan fingerprint density at radius 1 is 1.09 bits per heavy atom. The number of piperazine rings is 1. The molecule has 0 radical (unpaired) electrons. The first-order valence-corrected chi connectivity index (χ1v) is 12.7. The van der Waals surface area contributed by atoms with E-state index in [9.17, 15) is 14.0 Å². The molecule has 1 aliphatic carbocycles.